The minimum Gasteiger partial charge on any atom is -0.446 e. The van der Waals surface area contributed by atoms with E-state index in [1.54, 1.807) is 18.3 Å². The molecule has 2 aromatic heterocycles. The van der Waals surface area contributed by atoms with E-state index in [0.29, 0.717) is 23.7 Å². The van der Waals surface area contributed by atoms with Crippen molar-refractivity contribution in [2.45, 2.75) is 51.2 Å². The number of pyridine rings is 1. The summed E-state index contributed by atoms with van der Waals surface area (Å²) in [6.45, 7) is 3.80. The van der Waals surface area contributed by atoms with Crippen molar-refractivity contribution in [3.63, 3.8) is 0 Å². The van der Waals surface area contributed by atoms with E-state index in [1.807, 2.05) is 19.9 Å². The molecule has 2 unspecified atom stereocenters. The molecule has 144 valence electrons. The molecule has 0 saturated heterocycles. The number of ether oxygens (including phenoxy) is 1. The number of amides is 2. The van der Waals surface area contributed by atoms with E-state index in [9.17, 15) is 9.59 Å². The topological polar surface area (TPSA) is 121 Å². The summed E-state index contributed by atoms with van der Waals surface area (Å²) in [7, 11) is 0. The van der Waals surface area contributed by atoms with Gasteiger partial charge in [-0.3, -0.25) is 9.89 Å². The molecule has 1 fully saturated rings. The summed E-state index contributed by atoms with van der Waals surface area (Å²) in [5.41, 5.74) is 1.63. The molecular formula is C18H24N6O3. The zero-order valence-electron chi connectivity index (χ0n) is 15.4. The standard InChI is InChI=1S/C18H24N6O3/c1-11(2)21-18(26)27-14-5-3-12(7-14)15-8-17(24-23-15)22-16-6-4-13(9-19-16)20-10-25/h4,6,8-12,14H,3,5,7H2,1-2H3,(H,20,25)(H,21,26)(H2,19,22,23,24). The number of anilines is 3. The first-order valence-corrected chi connectivity index (χ1v) is 8.99. The molecule has 0 aromatic carbocycles. The van der Waals surface area contributed by atoms with Gasteiger partial charge in [-0.1, -0.05) is 0 Å². The summed E-state index contributed by atoms with van der Waals surface area (Å²) in [4.78, 5) is 26.4. The number of nitrogens with zero attached hydrogens (tertiary/aromatic N) is 2. The van der Waals surface area contributed by atoms with E-state index in [2.05, 4.69) is 31.1 Å². The van der Waals surface area contributed by atoms with Gasteiger partial charge < -0.3 is 20.7 Å². The van der Waals surface area contributed by atoms with Gasteiger partial charge in [0.15, 0.2) is 5.82 Å². The van der Waals surface area contributed by atoms with Crippen LogP contribution in [-0.4, -0.2) is 39.8 Å². The van der Waals surface area contributed by atoms with Crippen LogP contribution < -0.4 is 16.0 Å². The Morgan fingerprint density at radius 3 is 2.89 bits per heavy atom. The first-order chi connectivity index (χ1) is 13.0. The van der Waals surface area contributed by atoms with Crippen LogP contribution in [0.4, 0.5) is 22.1 Å². The van der Waals surface area contributed by atoms with E-state index >= 15 is 0 Å². The fourth-order valence-corrected chi connectivity index (χ4v) is 3.11. The molecule has 0 aliphatic heterocycles. The third-order valence-corrected chi connectivity index (χ3v) is 4.35. The normalized spacial score (nSPS) is 18.9. The summed E-state index contributed by atoms with van der Waals surface area (Å²) in [6.07, 6.45) is 4.28. The van der Waals surface area contributed by atoms with Gasteiger partial charge in [0.25, 0.3) is 0 Å². The molecule has 9 nitrogen and oxygen atoms in total. The highest BCUT2D eigenvalue weighted by Crippen LogP contribution is 2.36. The number of nitrogens with one attached hydrogen (secondary N) is 4. The lowest BCUT2D eigenvalue weighted by molar-refractivity contribution is -0.105. The van der Waals surface area contributed by atoms with Crippen molar-refractivity contribution in [3.05, 3.63) is 30.1 Å². The van der Waals surface area contributed by atoms with Gasteiger partial charge in [0, 0.05) is 23.7 Å². The van der Waals surface area contributed by atoms with E-state index in [4.69, 9.17) is 4.74 Å². The Balaban J connectivity index is 1.53. The molecule has 0 radical (unpaired) electrons. The molecule has 2 heterocycles. The molecule has 2 aromatic rings. The predicted molar refractivity (Wildman–Crippen MR) is 101 cm³/mol. The number of carbonyl (C=O) groups excluding carboxylic acids is 2. The first kappa shape index (κ1) is 18.7. The Hall–Kier alpha value is -3.10. The van der Waals surface area contributed by atoms with E-state index in [1.165, 1.54) is 0 Å². The average Bonchev–Trinajstić information content (AvgIpc) is 3.25. The molecule has 1 aliphatic carbocycles. The Morgan fingerprint density at radius 1 is 1.33 bits per heavy atom. The predicted octanol–water partition coefficient (Wildman–Crippen LogP) is 2.89. The highest BCUT2D eigenvalue weighted by molar-refractivity contribution is 5.71. The molecule has 2 atom stereocenters. The Bertz CT molecular complexity index is 774. The number of carbonyl (C=O) groups is 2. The molecular weight excluding hydrogens is 348 g/mol. The molecule has 27 heavy (non-hydrogen) atoms. The van der Waals surface area contributed by atoms with Gasteiger partial charge in [-0.25, -0.2) is 9.78 Å². The van der Waals surface area contributed by atoms with Crippen LogP contribution in [0.2, 0.25) is 0 Å². The fraction of sp³-hybridized carbons (Fsp3) is 0.444. The Labute approximate surface area is 157 Å². The summed E-state index contributed by atoms with van der Waals surface area (Å²) in [5, 5.41) is 15.7. The maximum atomic E-state index is 11.7. The van der Waals surface area contributed by atoms with Gasteiger partial charge in [-0.15, -0.1) is 0 Å². The summed E-state index contributed by atoms with van der Waals surface area (Å²) >= 11 is 0. The monoisotopic (exact) mass is 372 g/mol. The third kappa shape index (κ3) is 5.19. The minimum atomic E-state index is -0.360. The second-order valence-corrected chi connectivity index (χ2v) is 6.86. The first-order valence-electron chi connectivity index (χ1n) is 8.99. The lowest BCUT2D eigenvalue weighted by Gasteiger charge is -2.14. The van der Waals surface area contributed by atoms with Crippen molar-refractivity contribution in [2.24, 2.45) is 0 Å². The van der Waals surface area contributed by atoms with Crippen LogP contribution in [-0.2, 0) is 9.53 Å². The molecule has 1 aliphatic rings. The quantitative estimate of drug-likeness (QED) is 0.555. The number of aromatic nitrogens is 3. The van der Waals surface area contributed by atoms with E-state index in [0.717, 1.165) is 25.0 Å². The SMILES string of the molecule is CC(C)NC(=O)OC1CCC(c2cc(Nc3ccc(NC=O)cn3)n[nH]2)C1. The molecule has 0 bridgehead atoms. The van der Waals surface area contributed by atoms with Crippen LogP contribution in [0.3, 0.4) is 0 Å². The van der Waals surface area contributed by atoms with Crippen LogP contribution in [0.5, 0.6) is 0 Å². The Kier molecular flexibility index (Phi) is 5.90. The lowest BCUT2D eigenvalue weighted by atomic mass is 10.0. The molecule has 9 heteroatoms. The van der Waals surface area contributed by atoms with E-state index in [-0.39, 0.29) is 24.2 Å². The van der Waals surface area contributed by atoms with Crippen molar-refractivity contribution in [1.82, 2.24) is 20.5 Å². The van der Waals surface area contributed by atoms with Crippen LogP contribution >= 0.6 is 0 Å². The van der Waals surface area contributed by atoms with Gasteiger partial charge >= 0.3 is 6.09 Å². The molecule has 2 amide bonds. The maximum Gasteiger partial charge on any atom is 0.407 e. The van der Waals surface area contributed by atoms with Crippen molar-refractivity contribution in [2.75, 3.05) is 10.6 Å². The van der Waals surface area contributed by atoms with Gasteiger partial charge in [0.05, 0.1) is 11.9 Å². The van der Waals surface area contributed by atoms with Gasteiger partial charge in [-0.05, 0) is 45.2 Å². The number of hydrogen-bond acceptors (Lipinski definition) is 6. The summed E-state index contributed by atoms with van der Waals surface area (Å²) in [6, 6.07) is 5.51. The summed E-state index contributed by atoms with van der Waals surface area (Å²) in [5.74, 6) is 1.56. The smallest absolute Gasteiger partial charge is 0.407 e. The highest BCUT2D eigenvalue weighted by atomic mass is 16.6. The number of aromatic amines is 1. The zero-order valence-corrected chi connectivity index (χ0v) is 15.4. The van der Waals surface area contributed by atoms with Gasteiger partial charge in [0.1, 0.15) is 11.9 Å². The Morgan fingerprint density at radius 2 is 2.19 bits per heavy atom. The summed E-state index contributed by atoms with van der Waals surface area (Å²) < 4.78 is 5.47. The van der Waals surface area contributed by atoms with Crippen molar-refractivity contribution >= 4 is 29.8 Å². The highest BCUT2D eigenvalue weighted by Gasteiger charge is 2.30. The molecule has 4 N–H and O–H groups in total. The number of alkyl carbamates (subject to hydrolysis) is 1. The molecule has 1 saturated carbocycles. The second-order valence-electron chi connectivity index (χ2n) is 6.86. The second kappa shape index (κ2) is 8.52. The molecule has 0 spiro atoms. The largest absolute Gasteiger partial charge is 0.446 e. The van der Waals surface area contributed by atoms with Crippen LogP contribution in [0.25, 0.3) is 0 Å². The van der Waals surface area contributed by atoms with E-state index < -0.39 is 0 Å². The number of rotatable bonds is 7. The van der Waals surface area contributed by atoms with Crippen molar-refractivity contribution < 1.29 is 14.3 Å². The van der Waals surface area contributed by atoms with Gasteiger partial charge in [0.2, 0.25) is 6.41 Å². The van der Waals surface area contributed by atoms with Crippen molar-refractivity contribution in [3.8, 4) is 0 Å². The zero-order chi connectivity index (χ0) is 19.2. The minimum absolute atomic E-state index is 0.0628. The number of hydrogen-bond donors (Lipinski definition) is 4. The average molecular weight is 372 g/mol. The molecule has 3 rings (SSSR count). The number of H-pyrrole nitrogens is 1. The van der Waals surface area contributed by atoms with Crippen LogP contribution in [0, 0.1) is 0 Å². The van der Waals surface area contributed by atoms with Crippen LogP contribution in [0.1, 0.15) is 44.7 Å². The van der Waals surface area contributed by atoms with Crippen molar-refractivity contribution in [1.29, 1.82) is 0 Å². The lowest BCUT2D eigenvalue weighted by Crippen LogP contribution is -2.33. The van der Waals surface area contributed by atoms with Crippen LogP contribution in [0.15, 0.2) is 24.4 Å². The maximum absolute atomic E-state index is 11.7. The van der Waals surface area contributed by atoms with Gasteiger partial charge in [-0.2, -0.15) is 5.10 Å². The third-order valence-electron chi connectivity index (χ3n) is 4.35. The fourth-order valence-electron chi connectivity index (χ4n) is 3.11.